The average molecular weight is 397 g/mol. The molecule has 28 heavy (non-hydrogen) atoms. The fraction of sp³-hybridized carbons (Fsp3) is 0.632. The fourth-order valence-electron chi connectivity index (χ4n) is 3.28. The number of nitrogens with zero attached hydrogens (tertiary/aromatic N) is 4. The summed E-state index contributed by atoms with van der Waals surface area (Å²) in [6, 6.07) is 3.12. The number of nitrogens with one attached hydrogen (secondary N) is 1. The van der Waals surface area contributed by atoms with Crippen LogP contribution in [0.5, 0.6) is 0 Å². The molecule has 1 N–H and O–H groups in total. The molecule has 1 aliphatic rings. The van der Waals surface area contributed by atoms with Gasteiger partial charge in [-0.25, -0.2) is 0 Å². The molecule has 154 valence electrons. The van der Waals surface area contributed by atoms with Gasteiger partial charge in [0.1, 0.15) is 0 Å². The van der Waals surface area contributed by atoms with Crippen LogP contribution >= 0.6 is 0 Å². The van der Waals surface area contributed by atoms with E-state index >= 15 is 0 Å². The zero-order valence-corrected chi connectivity index (χ0v) is 16.4. The van der Waals surface area contributed by atoms with Crippen molar-refractivity contribution in [1.29, 1.82) is 0 Å². The lowest BCUT2D eigenvalue weighted by atomic mass is 10.1. The Balaban J connectivity index is 1.51. The smallest absolute Gasteiger partial charge is 0.356 e. The summed E-state index contributed by atoms with van der Waals surface area (Å²) in [5.74, 6) is -0.522. The van der Waals surface area contributed by atoms with Gasteiger partial charge in [-0.1, -0.05) is 6.92 Å². The summed E-state index contributed by atoms with van der Waals surface area (Å²) in [5.41, 5.74) is 1.73. The highest BCUT2D eigenvalue weighted by Crippen LogP contribution is 2.42. The van der Waals surface area contributed by atoms with Crippen LogP contribution in [0.2, 0.25) is 0 Å². The highest BCUT2D eigenvalue weighted by Gasteiger charge is 2.38. The molecule has 1 unspecified atom stereocenters. The lowest BCUT2D eigenvalue weighted by Gasteiger charge is -2.14. The molecule has 6 nitrogen and oxygen atoms in total. The van der Waals surface area contributed by atoms with E-state index in [1.54, 1.807) is 6.92 Å². The summed E-state index contributed by atoms with van der Waals surface area (Å²) in [5, 5.41) is 10.9. The molecule has 2 heterocycles. The molecule has 1 fully saturated rings. The summed E-state index contributed by atoms with van der Waals surface area (Å²) in [7, 11) is 0. The first-order valence-corrected chi connectivity index (χ1v) is 9.59. The second kappa shape index (κ2) is 7.97. The monoisotopic (exact) mass is 397 g/mol. The third-order valence-corrected chi connectivity index (χ3v) is 4.94. The Morgan fingerprint density at radius 1 is 1.25 bits per heavy atom. The van der Waals surface area contributed by atoms with Gasteiger partial charge in [0.05, 0.1) is 18.2 Å². The number of aromatic nitrogens is 4. The maximum atomic E-state index is 13.0. The van der Waals surface area contributed by atoms with Gasteiger partial charge in [0.15, 0.2) is 5.69 Å². The van der Waals surface area contributed by atoms with Crippen molar-refractivity contribution in [3.63, 3.8) is 0 Å². The minimum atomic E-state index is -4.47. The Hall–Kier alpha value is -2.32. The minimum Gasteiger partial charge on any atom is -0.356 e. The van der Waals surface area contributed by atoms with Gasteiger partial charge in [0.25, 0.3) is 0 Å². The Labute approximate surface area is 162 Å². The molecule has 1 amide bonds. The predicted molar refractivity (Wildman–Crippen MR) is 97.7 cm³/mol. The first kappa shape index (κ1) is 20.4. The lowest BCUT2D eigenvalue weighted by Crippen LogP contribution is -2.33. The molecule has 1 atom stereocenters. The number of aryl methyl sites for hydroxylation is 3. The Morgan fingerprint density at radius 2 is 1.96 bits per heavy atom. The van der Waals surface area contributed by atoms with Crippen LogP contribution in [0.15, 0.2) is 12.1 Å². The van der Waals surface area contributed by atoms with E-state index in [9.17, 15) is 18.0 Å². The Kier molecular flexibility index (Phi) is 5.81. The molecule has 1 aliphatic carbocycles. The van der Waals surface area contributed by atoms with E-state index < -0.39 is 17.8 Å². The van der Waals surface area contributed by atoms with Crippen LogP contribution in [0.3, 0.4) is 0 Å². The average Bonchev–Trinajstić information content (AvgIpc) is 3.27. The van der Waals surface area contributed by atoms with E-state index in [2.05, 4.69) is 15.5 Å². The third-order valence-electron chi connectivity index (χ3n) is 4.94. The van der Waals surface area contributed by atoms with Crippen LogP contribution in [0.25, 0.3) is 0 Å². The minimum absolute atomic E-state index is 0.125. The van der Waals surface area contributed by atoms with Gasteiger partial charge in [-0.05, 0) is 45.2 Å². The number of hydrogen-bond donors (Lipinski definition) is 1. The van der Waals surface area contributed by atoms with Crippen molar-refractivity contribution >= 4 is 5.91 Å². The molecule has 2 aromatic rings. The van der Waals surface area contributed by atoms with Crippen molar-refractivity contribution in [1.82, 2.24) is 24.9 Å². The number of rotatable bonds is 8. The summed E-state index contributed by atoms with van der Waals surface area (Å²) < 4.78 is 42.2. The van der Waals surface area contributed by atoms with Crippen LogP contribution in [0.4, 0.5) is 13.2 Å². The number of hydrogen-bond acceptors (Lipinski definition) is 3. The first-order chi connectivity index (χ1) is 13.1. The molecule has 9 heteroatoms. The summed E-state index contributed by atoms with van der Waals surface area (Å²) >= 11 is 0. The van der Waals surface area contributed by atoms with Gasteiger partial charge in [-0.3, -0.25) is 14.2 Å². The number of halogens is 3. The maximum absolute atomic E-state index is 13.0. The fourth-order valence-corrected chi connectivity index (χ4v) is 3.28. The second-order valence-electron chi connectivity index (χ2n) is 7.60. The zero-order chi connectivity index (χ0) is 20.5. The summed E-state index contributed by atoms with van der Waals surface area (Å²) in [6.45, 7) is 6.96. The highest BCUT2D eigenvalue weighted by molar-refractivity contribution is 5.78. The van der Waals surface area contributed by atoms with Crippen LogP contribution in [-0.4, -0.2) is 32.0 Å². The van der Waals surface area contributed by atoms with E-state index in [1.807, 2.05) is 24.6 Å². The molecular formula is C19H26F3N5O. The number of carbonyl (C=O) groups is 1. The Morgan fingerprint density at radius 3 is 2.54 bits per heavy atom. The SMILES string of the molecule is Cc1cc(C)n(CCCNC(=O)C(C)Cn2nc(C(F)(F)F)cc2C2CC2)n1. The van der Waals surface area contributed by atoms with Gasteiger partial charge >= 0.3 is 6.18 Å². The van der Waals surface area contributed by atoms with Crippen LogP contribution in [0.1, 0.15) is 54.9 Å². The van der Waals surface area contributed by atoms with Gasteiger partial charge < -0.3 is 5.32 Å². The van der Waals surface area contributed by atoms with Crippen LogP contribution < -0.4 is 5.32 Å². The standard InChI is InChI=1S/C19H26F3N5O/c1-12(18(28)23-7-4-8-26-14(3)9-13(2)24-26)11-27-16(15-5-6-15)10-17(25-27)19(20,21)22/h9-10,12,15H,4-8,11H2,1-3H3,(H,23,28). The highest BCUT2D eigenvalue weighted by atomic mass is 19.4. The number of amides is 1. The van der Waals surface area contributed by atoms with Crippen molar-refractivity contribution in [2.24, 2.45) is 5.92 Å². The molecule has 0 bridgehead atoms. The quantitative estimate of drug-likeness (QED) is 0.694. The van der Waals surface area contributed by atoms with Gasteiger partial charge in [-0.2, -0.15) is 23.4 Å². The van der Waals surface area contributed by atoms with E-state index in [1.165, 1.54) is 4.68 Å². The topological polar surface area (TPSA) is 64.7 Å². The van der Waals surface area contributed by atoms with Gasteiger partial charge in [-0.15, -0.1) is 0 Å². The second-order valence-corrected chi connectivity index (χ2v) is 7.60. The molecule has 1 saturated carbocycles. The lowest BCUT2D eigenvalue weighted by molar-refractivity contribution is -0.141. The molecule has 3 rings (SSSR count). The zero-order valence-electron chi connectivity index (χ0n) is 16.4. The Bertz CT molecular complexity index is 835. The van der Waals surface area contributed by atoms with Crippen LogP contribution in [0, 0.1) is 19.8 Å². The molecule has 0 radical (unpaired) electrons. The third kappa shape index (κ3) is 4.94. The van der Waals surface area contributed by atoms with Gasteiger partial charge in [0, 0.05) is 30.4 Å². The van der Waals surface area contributed by atoms with Gasteiger partial charge in [0.2, 0.25) is 5.91 Å². The number of carbonyl (C=O) groups excluding carboxylic acids is 1. The molecule has 0 aromatic carbocycles. The number of alkyl halides is 3. The largest absolute Gasteiger partial charge is 0.435 e. The van der Waals surface area contributed by atoms with E-state index in [0.29, 0.717) is 18.8 Å². The molecule has 2 aromatic heterocycles. The molecule has 0 saturated heterocycles. The van der Waals surface area contributed by atoms with Crippen molar-refractivity contribution in [2.45, 2.75) is 65.2 Å². The predicted octanol–water partition coefficient (Wildman–Crippen LogP) is 3.44. The van der Waals surface area contributed by atoms with Crippen molar-refractivity contribution in [3.8, 4) is 0 Å². The van der Waals surface area contributed by atoms with Crippen molar-refractivity contribution in [2.75, 3.05) is 6.54 Å². The molecule has 0 aliphatic heterocycles. The van der Waals surface area contributed by atoms with Crippen molar-refractivity contribution < 1.29 is 18.0 Å². The molecule has 0 spiro atoms. The van der Waals surface area contributed by atoms with E-state index in [0.717, 1.165) is 36.7 Å². The first-order valence-electron chi connectivity index (χ1n) is 9.59. The normalized spacial score (nSPS) is 15.6. The summed E-state index contributed by atoms with van der Waals surface area (Å²) in [4.78, 5) is 12.3. The summed E-state index contributed by atoms with van der Waals surface area (Å²) in [6.07, 6.45) is -2.00. The maximum Gasteiger partial charge on any atom is 0.435 e. The van der Waals surface area contributed by atoms with Crippen LogP contribution in [-0.2, 0) is 24.1 Å². The molecular weight excluding hydrogens is 371 g/mol. The van der Waals surface area contributed by atoms with E-state index in [-0.39, 0.29) is 18.4 Å². The van der Waals surface area contributed by atoms with E-state index in [4.69, 9.17) is 0 Å². The van der Waals surface area contributed by atoms with Crippen molar-refractivity contribution in [3.05, 3.63) is 34.9 Å².